The molecule has 0 saturated carbocycles. The van der Waals surface area contributed by atoms with E-state index in [1.165, 1.54) is 77.7 Å². The quantitative estimate of drug-likeness (QED) is 0.727. The summed E-state index contributed by atoms with van der Waals surface area (Å²) < 4.78 is 0. The number of nitrogens with zero attached hydrogens (tertiary/aromatic N) is 3. The van der Waals surface area contributed by atoms with E-state index >= 15 is 0 Å². The van der Waals surface area contributed by atoms with Crippen LogP contribution in [0.25, 0.3) is 0 Å². The molecule has 0 aromatic rings. The normalized spacial score (nSPS) is 44.2. The lowest BCUT2D eigenvalue weighted by atomic mass is 9.91. The summed E-state index contributed by atoms with van der Waals surface area (Å²) in [6, 6.07) is 3.46. The number of rotatable bonds is 1. The van der Waals surface area contributed by atoms with Crippen LogP contribution in [0.1, 0.15) is 51.9 Å². The zero-order valence-electron chi connectivity index (χ0n) is 13.1. The summed E-state index contributed by atoms with van der Waals surface area (Å²) in [6.07, 6.45) is 10.1. The molecular formula is C17H31N3. The highest BCUT2D eigenvalue weighted by Gasteiger charge is 2.40. The lowest BCUT2D eigenvalue weighted by molar-refractivity contribution is -0.0276. The molecule has 3 nitrogen and oxygen atoms in total. The van der Waals surface area contributed by atoms with Crippen LogP contribution in [0, 0.1) is 0 Å². The average Bonchev–Trinajstić information content (AvgIpc) is 2.94. The molecule has 4 heterocycles. The Bertz CT molecular complexity index is 345. The van der Waals surface area contributed by atoms with Crippen molar-refractivity contribution >= 4 is 0 Å². The van der Waals surface area contributed by atoms with Crippen molar-refractivity contribution in [3.05, 3.63) is 0 Å². The van der Waals surface area contributed by atoms with E-state index in [1.807, 2.05) is 0 Å². The molecule has 4 aliphatic heterocycles. The molecule has 4 saturated heterocycles. The SMILES string of the molecule is CC1CN2CCCCC2CN1C1CCN2CCCC2C1. The van der Waals surface area contributed by atoms with Crippen molar-refractivity contribution in [2.45, 2.75) is 76.0 Å². The summed E-state index contributed by atoms with van der Waals surface area (Å²) >= 11 is 0. The molecule has 0 radical (unpaired) electrons. The molecule has 0 N–H and O–H groups in total. The van der Waals surface area contributed by atoms with Crippen LogP contribution in [-0.4, -0.2) is 71.6 Å². The van der Waals surface area contributed by atoms with Gasteiger partial charge in [-0.1, -0.05) is 6.42 Å². The molecule has 20 heavy (non-hydrogen) atoms. The maximum Gasteiger partial charge on any atom is 0.0224 e. The Balaban J connectivity index is 1.42. The second-order valence-electron chi connectivity index (χ2n) is 7.70. The fraction of sp³-hybridized carbons (Fsp3) is 1.00. The first kappa shape index (κ1) is 13.5. The topological polar surface area (TPSA) is 9.72 Å². The molecule has 4 rings (SSSR count). The van der Waals surface area contributed by atoms with Gasteiger partial charge < -0.3 is 4.90 Å². The van der Waals surface area contributed by atoms with Gasteiger partial charge in [-0.25, -0.2) is 0 Å². The van der Waals surface area contributed by atoms with Gasteiger partial charge in [-0.3, -0.25) is 9.80 Å². The third kappa shape index (κ3) is 2.42. The maximum atomic E-state index is 2.90. The minimum atomic E-state index is 0.780. The number of fused-ring (bicyclic) bond motifs is 2. The molecule has 0 amide bonds. The summed E-state index contributed by atoms with van der Waals surface area (Å²) in [5, 5.41) is 0. The van der Waals surface area contributed by atoms with E-state index < -0.39 is 0 Å². The minimum absolute atomic E-state index is 0.780. The van der Waals surface area contributed by atoms with Crippen LogP contribution in [0.5, 0.6) is 0 Å². The fourth-order valence-corrected chi connectivity index (χ4v) is 5.39. The van der Waals surface area contributed by atoms with Crippen LogP contribution in [0.3, 0.4) is 0 Å². The molecule has 4 atom stereocenters. The molecule has 4 fully saturated rings. The summed E-state index contributed by atoms with van der Waals surface area (Å²) in [4.78, 5) is 8.45. The van der Waals surface area contributed by atoms with Crippen molar-refractivity contribution < 1.29 is 0 Å². The van der Waals surface area contributed by atoms with Gasteiger partial charge in [0, 0.05) is 37.3 Å². The van der Waals surface area contributed by atoms with Crippen LogP contribution in [0.2, 0.25) is 0 Å². The highest BCUT2D eigenvalue weighted by atomic mass is 15.3. The number of hydrogen-bond donors (Lipinski definition) is 0. The smallest absolute Gasteiger partial charge is 0.0224 e. The molecular weight excluding hydrogens is 246 g/mol. The second-order valence-corrected chi connectivity index (χ2v) is 7.70. The fourth-order valence-electron chi connectivity index (χ4n) is 5.39. The molecule has 0 spiro atoms. The summed E-state index contributed by atoms with van der Waals surface area (Å²) in [5.74, 6) is 0. The monoisotopic (exact) mass is 277 g/mol. The van der Waals surface area contributed by atoms with Crippen LogP contribution < -0.4 is 0 Å². The highest BCUT2D eigenvalue weighted by Crippen LogP contribution is 2.33. The van der Waals surface area contributed by atoms with Gasteiger partial charge in [0.15, 0.2) is 0 Å². The maximum absolute atomic E-state index is 2.90. The van der Waals surface area contributed by atoms with Crippen LogP contribution in [-0.2, 0) is 0 Å². The van der Waals surface area contributed by atoms with Gasteiger partial charge >= 0.3 is 0 Å². The van der Waals surface area contributed by atoms with Crippen LogP contribution in [0.4, 0.5) is 0 Å². The van der Waals surface area contributed by atoms with E-state index in [2.05, 4.69) is 21.6 Å². The van der Waals surface area contributed by atoms with E-state index in [9.17, 15) is 0 Å². The second kappa shape index (κ2) is 5.58. The van der Waals surface area contributed by atoms with Gasteiger partial charge in [-0.15, -0.1) is 0 Å². The molecule has 4 aliphatic rings. The van der Waals surface area contributed by atoms with E-state index in [0.29, 0.717) is 0 Å². The molecule has 0 aromatic heterocycles. The summed E-state index contributed by atoms with van der Waals surface area (Å²) in [5.41, 5.74) is 0. The number of piperazine rings is 1. The Hall–Kier alpha value is -0.120. The van der Waals surface area contributed by atoms with Gasteiger partial charge in [-0.05, 0) is 65.1 Å². The minimum Gasteiger partial charge on any atom is -0.300 e. The largest absolute Gasteiger partial charge is 0.300 e. The van der Waals surface area contributed by atoms with Crippen LogP contribution >= 0.6 is 0 Å². The van der Waals surface area contributed by atoms with E-state index in [1.54, 1.807) is 0 Å². The molecule has 4 unspecified atom stereocenters. The van der Waals surface area contributed by atoms with E-state index in [4.69, 9.17) is 0 Å². The third-order valence-corrected chi connectivity index (χ3v) is 6.50. The highest BCUT2D eigenvalue weighted by molar-refractivity contribution is 4.96. The predicted molar refractivity (Wildman–Crippen MR) is 83.0 cm³/mol. The number of piperidine rings is 2. The van der Waals surface area contributed by atoms with Gasteiger partial charge in [0.05, 0.1) is 0 Å². The summed E-state index contributed by atoms with van der Waals surface area (Å²) in [7, 11) is 0. The number of hydrogen-bond acceptors (Lipinski definition) is 3. The van der Waals surface area contributed by atoms with Gasteiger partial charge in [0.25, 0.3) is 0 Å². The van der Waals surface area contributed by atoms with Crippen molar-refractivity contribution in [2.24, 2.45) is 0 Å². The first-order valence-corrected chi connectivity index (χ1v) is 9.05. The van der Waals surface area contributed by atoms with Crippen LogP contribution in [0.15, 0.2) is 0 Å². The van der Waals surface area contributed by atoms with Gasteiger partial charge in [-0.2, -0.15) is 0 Å². The third-order valence-electron chi connectivity index (χ3n) is 6.50. The zero-order valence-corrected chi connectivity index (χ0v) is 13.1. The molecule has 0 bridgehead atoms. The summed E-state index contributed by atoms with van der Waals surface area (Å²) in [6.45, 7) is 9.28. The van der Waals surface area contributed by atoms with Crippen molar-refractivity contribution in [3.63, 3.8) is 0 Å². The molecule has 114 valence electrons. The first-order valence-electron chi connectivity index (χ1n) is 9.05. The van der Waals surface area contributed by atoms with Gasteiger partial charge in [0.1, 0.15) is 0 Å². The molecule has 3 heteroatoms. The Morgan fingerprint density at radius 3 is 2.50 bits per heavy atom. The molecule has 0 aliphatic carbocycles. The average molecular weight is 277 g/mol. The van der Waals surface area contributed by atoms with Crippen molar-refractivity contribution in [1.29, 1.82) is 0 Å². The van der Waals surface area contributed by atoms with Crippen molar-refractivity contribution in [2.75, 3.05) is 32.7 Å². The Labute approximate surface area is 124 Å². The van der Waals surface area contributed by atoms with Crippen molar-refractivity contribution in [3.8, 4) is 0 Å². The lowest BCUT2D eigenvalue weighted by Gasteiger charge is -2.52. The standard InChI is InChI=1S/C17H31N3/c1-14-12-19-8-3-2-5-17(19)13-20(14)16-7-10-18-9-4-6-15(18)11-16/h14-17H,2-13H2,1H3. The molecule has 0 aromatic carbocycles. The van der Waals surface area contributed by atoms with Crippen molar-refractivity contribution in [1.82, 2.24) is 14.7 Å². The Morgan fingerprint density at radius 2 is 1.55 bits per heavy atom. The van der Waals surface area contributed by atoms with E-state index in [-0.39, 0.29) is 0 Å². The first-order chi connectivity index (χ1) is 9.81. The zero-order chi connectivity index (χ0) is 13.5. The Kier molecular flexibility index (Phi) is 3.78. The van der Waals surface area contributed by atoms with Gasteiger partial charge in [0.2, 0.25) is 0 Å². The van der Waals surface area contributed by atoms with E-state index in [0.717, 1.165) is 24.2 Å². The lowest BCUT2D eigenvalue weighted by Crippen LogP contribution is -2.62. The predicted octanol–water partition coefficient (Wildman–Crippen LogP) is 2.17. The Morgan fingerprint density at radius 1 is 0.700 bits per heavy atom.